The van der Waals surface area contributed by atoms with E-state index in [2.05, 4.69) is 57.3 Å². The van der Waals surface area contributed by atoms with E-state index in [0.29, 0.717) is 19.8 Å². The first-order chi connectivity index (χ1) is 18.5. The molecule has 0 spiro atoms. The molecule has 0 aliphatic heterocycles. The van der Waals surface area contributed by atoms with Crippen molar-refractivity contribution in [1.82, 2.24) is 0 Å². The molecule has 0 bridgehead atoms. The van der Waals surface area contributed by atoms with Crippen molar-refractivity contribution in [1.29, 1.82) is 0 Å². The van der Waals surface area contributed by atoms with E-state index in [4.69, 9.17) is 14.2 Å². The van der Waals surface area contributed by atoms with Gasteiger partial charge < -0.3 is 43.9 Å². The van der Waals surface area contributed by atoms with Gasteiger partial charge in [0.05, 0.1) is 19.8 Å². The molecule has 0 unspecified atom stereocenters. The van der Waals surface area contributed by atoms with Crippen LogP contribution in [-0.2, 0) is 28.6 Å². The molecule has 0 N–H and O–H groups in total. The summed E-state index contributed by atoms with van der Waals surface area (Å²) in [7, 11) is 2.95. The minimum absolute atomic E-state index is 0.272. The molecule has 0 saturated carbocycles. The molecule has 0 aromatic rings. The third-order valence-electron chi connectivity index (χ3n) is 4.51. The van der Waals surface area contributed by atoms with Gasteiger partial charge in [0.15, 0.2) is 0 Å². The van der Waals surface area contributed by atoms with Crippen LogP contribution in [0.15, 0.2) is 49.3 Å². The van der Waals surface area contributed by atoms with Crippen LogP contribution in [0.3, 0.4) is 0 Å². The molecule has 0 aromatic heterocycles. The Bertz CT molecular complexity index is 590. The molecule has 0 saturated heterocycles. The van der Waals surface area contributed by atoms with Crippen LogP contribution in [0.5, 0.6) is 0 Å². The van der Waals surface area contributed by atoms with Gasteiger partial charge in [-0.1, -0.05) is 98.3 Å². The Hall–Kier alpha value is -3.01. The predicted octanol–water partition coefficient (Wildman–Crippen LogP) is 2.84. The molecule has 0 aliphatic carbocycles. The van der Waals surface area contributed by atoms with E-state index in [1.165, 1.54) is 0 Å². The molecule has 0 radical (unpaired) electrons. The van der Waals surface area contributed by atoms with Crippen molar-refractivity contribution in [2.24, 2.45) is 0 Å². The molecular weight excluding hydrogens is 520 g/mol. The molecular formula is C29H48O9Si. The maximum absolute atomic E-state index is 10.1. The predicted molar refractivity (Wildman–Crippen MR) is 149 cm³/mol. The molecule has 9 nitrogen and oxygen atoms in total. The van der Waals surface area contributed by atoms with Crippen LogP contribution in [0.25, 0.3) is 0 Å². The molecule has 0 rings (SSSR count). The van der Waals surface area contributed by atoms with E-state index >= 15 is 0 Å². The van der Waals surface area contributed by atoms with Crippen molar-refractivity contribution in [3.05, 3.63) is 49.3 Å². The van der Waals surface area contributed by atoms with Crippen LogP contribution in [0.4, 0.5) is 0 Å². The summed E-state index contributed by atoms with van der Waals surface area (Å²) in [5.41, 5.74) is 1.56. The number of unbranched alkanes of at least 4 members (excludes halogenated alkanes) is 9. The molecule has 0 atom stereocenters. The van der Waals surface area contributed by atoms with Crippen LogP contribution in [-0.4, -0.2) is 48.0 Å². The normalized spacial score (nSPS) is 9.05. The number of hydrogen-bond acceptors (Lipinski definition) is 9. The second-order valence-corrected chi connectivity index (χ2v) is 8.47. The standard InChI is InChI=1S/3C9H16O3.C2H3Si/c3*1-3-4-5-6-7-12-8(2)9(10)11;1-2-3/h3*2-7H2,1H3,(H,10,11);2H,1H2/q;;;+3/p-3. The summed E-state index contributed by atoms with van der Waals surface area (Å²) in [6.07, 6.45) is 12.7. The van der Waals surface area contributed by atoms with Crippen molar-refractivity contribution in [2.75, 3.05) is 19.8 Å². The molecule has 39 heavy (non-hydrogen) atoms. The van der Waals surface area contributed by atoms with Gasteiger partial charge in [-0.3, -0.25) is 0 Å². The van der Waals surface area contributed by atoms with Gasteiger partial charge in [0.25, 0.3) is 0 Å². The Kier molecular flexibility index (Phi) is 38.6. The number of rotatable bonds is 21. The molecule has 0 fully saturated rings. The first-order valence-corrected chi connectivity index (χ1v) is 13.9. The Morgan fingerprint density at radius 2 is 0.769 bits per heavy atom. The van der Waals surface area contributed by atoms with E-state index in [9.17, 15) is 29.7 Å². The average Bonchev–Trinajstić information content (AvgIpc) is 2.89. The number of carboxylic acid groups (broad SMARTS) is 3. The Morgan fingerprint density at radius 1 is 0.564 bits per heavy atom. The monoisotopic (exact) mass is 568 g/mol. The summed E-state index contributed by atoms with van der Waals surface area (Å²) < 4.78 is 14.4. The Morgan fingerprint density at radius 3 is 0.923 bits per heavy atom. The fraction of sp³-hybridized carbons (Fsp3) is 0.621. The first kappa shape index (κ1) is 43.1. The minimum atomic E-state index is -1.33. The van der Waals surface area contributed by atoms with Gasteiger partial charge in [0, 0.05) is 0 Å². The van der Waals surface area contributed by atoms with Crippen LogP contribution < -0.4 is 15.3 Å². The fourth-order valence-electron chi connectivity index (χ4n) is 2.35. The van der Waals surface area contributed by atoms with Crippen LogP contribution in [0, 0.1) is 0 Å². The number of aliphatic carboxylic acids is 3. The molecule has 0 amide bonds. The third-order valence-corrected chi connectivity index (χ3v) is 4.51. The van der Waals surface area contributed by atoms with E-state index in [-0.39, 0.29) is 17.3 Å². The second kappa shape index (κ2) is 35.0. The SMILES string of the molecule is C=C(OCCCCCC)C(=O)[O-].C=C(OCCCCCC)C(=O)[O-].C=C(OCCCCCC)C(=O)[O-].C=C[Si+3]. The number of carbonyl (C=O) groups excluding carboxylic acids is 3. The number of ether oxygens (including phenoxy) is 3. The second-order valence-electron chi connectivity index (χ2n) is 8.06. The molecule has 0 aliphatic rings. The summed E-state index contributed by atoms with van der Waals surface area (Å²) in [6.45, 7) is 20.4. The quantitative estimate of drug-likeness (QED) is 0.0882. The number of carbonyl (C=O) groups is 3. The zero-order chi connectivity index (χ0) is 30.9. The third kappa shape index (κ3) is 42.3. The van der Waals surface area contributed by atoms with Gasteiger partial charge in [0.1, 0.15) is 35.2 Å². The fourth-order valence-corrected chi connectivity index (χ4v) is 2.35. The first-order valence-electron chi connectivity index (χ1n) is 13.3. The molecule has 222 valence electrons. The molecule has 0 heterocycles. The van der Waals surface area contributed by atoms with Gasteiger partial charge in [-0.15, -0.1) is 0 Å². The number of hydrogen-bond donors (Lipinski definition) is 0. The van der Waals surface area contributed by atoms with Crippen molar-refractivity contribution in [3.63, 3.8) is 0 Å². The average molecular weight is 569 g/mol. The van der Waals surface area contributed by atoms with Crippen LogP contribution >= 0.6 is 0 Å². The topological polar surface area (TPSA) is 148 Å². The van der Waals surface area contributed by atoms with Gasteiger partial charge >= 0.3 is 22.5 Å². The summed E-state index contributed by atoms with van der Waals surface area (Å²) in [4.78, 5) is 30.3. The van der Waals surface area contributed by atoms with Crippen LogP contribution in [0.1, 0.15) is 97.8 Å². The Labute approximate surface area is 239 Å². The summed E-state index contributed by atoms with van der Waals surface area (Å²) in [6, 6.07) is 0. The van der Waals surface area contributed by atoms with Crippen molar-refractivity contribution in [2.45, 2.75) is 97.8 Å². The Balaban J connectivity index is -0.000000224. The van der Waals surface area contributed by atoms with Gasteiger partial charge in [-0.25, -0.2) is 0 Å². The molecule has 0 aromatic carbocycles. The summed E-state index contributed by atoms with van der Waals surface area (Å²) in [5, 5.41) is 30.3. The van der Waals surface area contributed by atoms with Crippen molar-refractivity contribution < 1.29 is 43.9 Å². The zero-order valence-corrected chi connectivity index (χ0v) is 25.2. The van der Waals surface area contributed by atoms with Crippen LogP contribution in [0.2, 0.25) is 0 Å². The van der Waals surface area contributed by atoms with Crippen molar-refractivity contribution >= 4 is 28.2 Å². The maximum atomic E-state index is 10.1. The van der Waals surface area contributed by atoms with Gasteiger partial charge in [0.2, 0.25) is 0 Å². The van der Waals surface area contributed by atoms with E-state index in [0.717, 1.165) is 77.0 Å². The summed E-state index contributed by atoms with van der Waals surface area (Å²) >= 11 is 0. The van der Waals surface area contributed by atoms with Gasteiger partial charge in [-0.2, -0.15) is 0 Å². The molecule has 10 heteroatoms. The van der Waals surface area contributed by atoms with Crippen molar-refractivity contribution in [3.8, 4) is 0 Å². The van der Waals surface area contributed by atoms with E-state index < -0.39 is 17.9 Å². The number of carboxylic acids is 3. The van der Waals surface area contributed by atoms with Gasteiger partial charge in [-0.05, 0) is 19.3 Å². The van der Waals surface area contributed by atoms with E-state index in [1.54, 1.807) is 5.70 Å². The summed E-state index contributed by atoms with van der Waals surface area (Å²) in [5.74, 6) is -4.80. The van der Waals surface area contributed by atoms with E-state index in [1.807, 2.05) is 0 Å². The zero-order valence-electron chi connectivity index (χ0n) is 24.2.